The smallest absolute Gasteiger partial charge is 0.271 e. The number of carbonyl (C=O) groups is 1. The first-order valence-corrected chi connectivity index (χ1v) is 9.14. The molecule has 1 aliphatic carbocycles. The van der Waals surface area contributed by atoms with E-state index in [4.69, 9.17) is 11.6 Å². The van der Waals surface area contributed by atoms with E-state index in [9.17, 15) is 20.2 Å². The molecule has 9 heteroatoms. The minimum absolute atomic E-state index is 0.0134. The number of benzene rings is 1. The van der Waals surface area contributed by atoms with Gasteiger partial charge in [0.05, 0.1) is 26.9 Å². The van der Waals surface area contributed by atoms with Gasteiger partial charge in [0.25, 0.3) is 5.69 Å². The lowest BCUT2D eigenvalue weighted by Crippen LogP contribution is -2.15. The van der Waals surface area contributed by atoms with Crippen molar-refractivity contribution < 1.29 is 9.72 Å². The minimum atomic E-state index is -0.561. The van der Waals surface area contributed by atoms with E-state index in [2.05, 4.69) is 16.4 Å². The number of aromatic nitrogens is 1. The van der Waals surface area contributed by atoms with Gasteiger partial charge in [-0.15, -0.1) is 0 Å². The van der Waals surface area contributed by atoms with Crippen molar-refractivity contribution in [2.24, 2.45) is 0 Å². The Hall–Kier alpha value is -2.63. The molecule has 0 radical (unpaired) electrons. The molecule has 0 spiro atoms. The highest BCUT2D eigenvalue weighted by Crippen LogP contribution is 2.29. The second-order valence-corrected chi connectivity index (χ2v) is 7.04. The zero-order chi connectivity index (χ0) is 18.7. The first kappa shape index (κ1) is 18.2. The number of anilines is 1. The quantitative estimate of drug-likeness (QED) is 0.474. The van der Waals surface area contributed by atoms with E-state index in [0.717, 1.165) is 42.3 Å². The van der Waals surface area contributed by atoms with Crippen LogP contribution in [0.5, 0.6) is 0 Å². The van der Waals surface area contributed by atoms with Gasteiger partial charge in [0.15, 0.2) is 0 Å². The molecule has 132 valence electrons. The van der Waals surface area contributed by atoms with E-state index < -0.39 is 4.92 Å². The fourth-order valence-corrected chi connectivity index (χ4v) is 3.63. The Bertz CT molecular complexity index is 942. The van der Waals surface area contributed by atoms with E-state index >= 15 is 0 Å². The lowest BCUT2D eigenvalue weighted by atomic mass is 10.2. The van der Waals surface area contributed by atoms with Gasteiger partial charge in [0.2, 0.25) is 5.91 Å². The summed E-state index contributed by atoms with van der Waals surface area (Å²) in [6, 6.07) is 7.79. The third-order valence-electron chi connectivity index (χ3n) is 3.91. The molecule has 0 saturated heterocycles. The van der Waals surface area contributed by atoms with Gasteiger partial charge in [-0.1, -0.05) is 23.4 Å². The number of nitriles is 1. The number of nitro groups is 1. The van der Waals surface area contributed by atoms with Crippen molar-refractivity contribution in [3.63, 3.8) is 0 Å². The first-order chi connectivity index (χ1) is 12.5. The molecule has 1 heterocycles. The summed E-state index contributed by atoms with van der Waals surface area (Å²) in [5.41, 5.74) is 2.54. The molecule has 1 aromatic carbocycles. The molecule has 0 fully saturated rings. The number of carbonyl (C=O) groups excluding carboxylic acids is 1. The Morgan fingerprint density at radius 2 is 2.23 bits per heavy atom. The van der Waals surface area contributed by atoms with Crippen LogP contribution in [0.3, 0.4) is 0 Å². The van der Waals surface area contributed by atoms with E-state index in [-0.39, 0.29) is 28.1 Å². The number of nitro benzene ring substituents is 1. The van der Waals surface area contributed by atoms with Crippen molar-refractivity contribution in [1.29, 1.82) is 5.26 Å². The summed E-state index contributed by atoms with van der Waals surface area (Å²) in [5, 5.41) is 23.4. The molecule has 0 bridgehead atoms. The van der Waals surface area contributed by atoms with Crippen LogP contribution in [0.15, 0.2) is 29.3 Å². The van der Waals surface area contributed by atoms with Crippen LogP contribution in [0.25, 0.3) is 0 Å². The number of fused-ring (bicyclic) bond motifs is 1. The molecule has 3 rings (SSSR count). The molecule has 1 aromatic heterocycles. The molecule has 0 unspecified atom stereocenters. The molecular formula is C17H13ClN4O3S. The van der Waals surface area contributed by atoms with Gasteiger partial charge in [-0.2, -0.15) is 5.26 Å². The van der Waals surface area contributed by atoms with Crippen LogP contribution in [0, 0.1) is 21.4 Å². The van der Waals surface area contributed by atoms with Crippen molar-refractivity contribution in [2.45, 2.75) is 24.3 Å². The maximum atomic E-state index is 12.2. The molecule has 1 amide bonds. The summed E-state index contributed by atoms with van der Waals surface area (Å²) in [5.74, 6) is -0.372. The highest BCUT2D eigenvalue weighted by atomic mass is 35.5. The fraction of sp³-hybridized carbons (Fsp3) is 0.235. The number of halogens is 1. The lowest BCUT2D eigenvalue weighted by molar-refractivity contribution is -0.384. The number of non-ortho nitro benzene ring substituents is 1. The summed E-state index contributed by atoms with van der Waals surface area (Å²) in [4.78, 5) is 27.0. The second-order valence-electron chi connectivity index (χ2n) is 5.67. The van der Waals surface area contributed by atoms with Crippen molar-refractivity contribution in [3.05, 3.63) is 56.2 Å². The maximum absolute atomic E-state index is 12.2. The molecule has 2 aromatic rings. The van der Waals surface area contributed by atoms with E-state index in [1.165, 1.54) is 18.2 Å². The molecule has 0 saturated carbocycles. The average molecular weight is 389 g/mol. The maximum Gasteiger partial charge on any atom is 0.271 e. The van der Waals surface area contributed by atoms with Gasteiger partial charge in [0, 0.05) is 17.8 Å². The standard InChI is InChI=1S/C17H13ClN4O3S/c18-13-5-4-12(22(24)25)7-15(13)20-16(23)9-26-17-11(8-19)6-10-2-1-3-14(10)21-17/h4-7H,1-3,9H2,(H,20,23). The predicted molar refractivity (Wildman–Crippen MR) is 98.4 cm³/mol. The van der Waals surface area contributed by atoms with Gasteiger partial charge in [-0.25, -0.2) is 4.98 Å². The van der Waals surface area contributed by atoms with E-state index in [1.807, 2.05) is 6.07 Å². The largest absolute Gasteiger partial charge is 0.324 e. The highest BCUT2D eigenvalue weighted by Gasteiger charge is 2.18. The normalized spacial score (nSPS) is 12.3. The number of nitrogens with zero attached hydrogens (tertiary/aromatic N) is 3. The van der Waals surface area contributed by atoms with Crippen LogP contribution < -0.4 is 5.32 Å². The van der Waals surface area contributed by atoms with Gasteiger partial charge in [-0.3, -0.25) is 14.9 Å². The lowest BCUT2D eigenvalue weighted by Gasteiger charge is -2.08. The highest BCUT2D eigenvalue weighted by molar-refractivity contribution is 8.00. The van der Waals surface area contributed by atoms with Gasteiger partial charge < -0.3 is 5.32 Å². The zero-order valence-corrected chi connectivity index (χ0v) is 15.1. The summed E-state index contributed by atoms with van der Waals surface area (Å²) in [6.45, 7) is 0. The Morgan fingerprint density at radius 1 is 1.42 bits per heavy atom. The predicted octanol–water partition coefficient (Wildman–Crippen LogP) is 3.73. The molecular weight excluding hydrogens is 376 g/mol. The van der Waals surface area contributed by atoms with E-state index in [1.54, 1.807) is 0 Å². The van der Waals surface area contributed by atoms with Crippen molar-refractivity contribution in [1.82, 2.24) is 4.98 Å². The number of aryl methyl sites for hydroxylation is 2. The minimum Gasteiger partial charge on any atom is -0.324 e. The zero-order valence-electron chi connectivity index (χ0n) is 13.5. The van der Waals surface area contributed by atoms with E-state index in [0.29, 0.717) is 10.6 Å². The molecule has 7 nitrogen and oxygen atoms in total. The third-order valence-corrected chi connectivity index (χ3v) is 5.23. The summed E-state index contributed by atoms with van der Waals surface area (Å²) in [7, 11) is 0. The fourth-order valence-electron chi connectivity index (χ4n) is 2.69. The number of amides is 1. The molecule has 1 N–H and O–H groups in total. The second kappa shape index (κ2) is 7.72. The van der Waals surface area contributed by atoms with Crippen LogP contribution >= 0.6 is 23.4 Å². The number of hydrogen-bond donors (Lipinski definition) is 1. The molecule has 0 aliphatic heterocycles. The van der Waals surface area contributed by atoms with Crippen molar-refractivity contribution in [3.8, 4) is 6.07 Å². The summed E-state index contributed by atoms with van der Waals surface area (Å²) >= 11 is 7.13. The van der Waals surface area contributed by atoms with Gasteiger partial charge in [-0.05, 0) is 37.0 Å². The topological polar surface area (TPSA) is 109 Å². The van der Waals surface area contributed by atoms with Crippen LogP contribution in [-0.2, 0) is 17.6 Å². The van der Waals surface area contributed by atoms with Crippen LogP contribution in [0.1, 0.15) is 23.2 Å². The number of hydrogen-bond acceptors (Lipinski definition) is 6. The molecule has 26 heavy (non-hydrogen) atoms. The Kier molecular flexibility index (Phi) is 5.40. The number of pyridine rings is 1. The SMILES string of the molecule is N#Cc1cc2c(nc1SCC(=O)Nc1cc([N+](=O)[O-])ccc1Cl)CCC2. The molecule has 0 atom stereocenters. The molecule has 1 aliphatic rings. The third kappa shape index (κ3) is 3.95. The van der Waals surface area contributed by atoms with Crippen LogP contribution in [-0.4, -0.2) is 21.6 Å². The number of rotatable bonds is 5. The monoisotopic (exact) mass is 388 g/mol. The van der Waals surface area contributed by atoms with Crippen molar-refractivity contribution >= 4 is 40.6 Å². The Balaban J connectivity index is 1.70. The van der Waals surface area contributed by atoms with Gasteiger partial charge in [0.1, 0.15) is 11.1 Å². The van der Waals surface area contributed by atoms with Crippen LogP contribution in [0.2, 0.25) is 5.02 Å². The average Bonchev–Trinajstić information content (AvgIpc) is 3.08. The first-order valence-electron chi connectivity index (χ1n) is 7.77. The number of thioether (sulfide) groups is 1. The van der Waals surface area contributed by atoms with Crippen LogP contribution in [0.4, 0.5) is 11.4 Å². The van der Waals surface area contributed by atoms with Crippen molar-refractivity contribution in [2.75, 3.05) is 11.1 Å². The summed E-state index contributed by atoms with van der Waals surface area (Å²) in [6.07, 6.45) is 2.82. The number of nitrogens with one attached hydrogen (secondary N) is 1. The Morgan fingerprint density at radius 3 is 2.96 bits per heavy atom. The summed E-state index contributed by atoms with van der Waals surface area (Å²) < 4.78 is 0. The Labute approximate surface area is 158 Å². The van der Waals surface area contributed by atoms with Gasteiger partial charge >= 0.3 is 0 Å².